The monoisotopic (exact) mass is 338 g/mol. The number of para-hydroxylation sites is 1. The number of aromatic nitrogens is 1. The van der Waals surface area contributed by atoms with E-state index in [0.29, 0.717) is 13.0 Å². The molecule has 0 amide bonds. The second kappa shape index (κ2) is 6.91. The lowest BCUT2D eigenvalue weighted by Crippen LogP contribution is -2.07. The van der Waals surface area contributed by atoms with Crippen molar-refractivity contribution < 1.29 is 9.85 Å². The number of hydrogen-bond acceptors (Lipinski definition) is 6. The Balaban J connectivity index is 1.77. The molecule has 0 spiro atoms. The lowest BCUT2D eigenvalue weighted by Gasteiger charge is -2.09. The maximum atomic E-state index is 11.1. The van der Waals surface area contributed by atoms with Gasteiger partial charge >= 0.3 is 0 Å². The van der Waals surface area contributed by atoms with E-state index >= 15 is 0 Å². The molecule has 25 heavy (non-hydrogen) atoms. The van der Waals surface area contributed by atoms with Crippen molar-refractivity contribution in [2.24, 2.45) is 0 Å². The van der Waals surface area contributed by atoms with E-state index in [2.05, 4.69) is 10.3 Å². The summed E-state index contributed by atoms with van der Waals surface area (Å²) >= 11 is 0. The number of rotatable bonds is 6. The molecule has 0 saturated carbocycles. The summed E-state index contributed by atoms with van der Waals surface area (Å²) in [6, 6.07) is 13.3. The van der Waals surface area contributed by atoms with Crippen LogP contribution in [0.5, 0.6) is 0 Å². The highest BCUT2D eigenvalue weighted by atomic mass is 16.6. The molecular weight excluding hydrogens is 324 g/mol. The predicted molar refractivity (Wildman–Crippen MR) is 93.7 cm³/mol. The van der Waals surface area contributed by atoms with E-state index in [9.17, 15) is 20.2 Å². The number of anilines is 1. The first-order valence-corrected chi connectivity index (χ1v) is 7.55. The third-order valence-electron chi connectivity index (χ3n) is 3.81. The summed E-state index contributed by atoms with van der Waals surface area (Å²) in [6.07, 6.45) is 2.34. The minimum Gasteiger partial charge on any atom is -0.379 e. The van der Waals surface area contributed by atoms with Crippen LogP contribution >= 0.6 is 0 Å². The summed E-state index contributed by atoms with van der Waals surface area (Å²) in [5.41, 5.74) is 1.55. The summed E-state index contributed by atoms with van der Waals surface area (Å²) in [4.78, 5) is 25.0. The van der Waals surface area contributed by atoms with Crippen LogP contribution in [0.1, 0.15) is 5.56 Å². The number of nitro groups is 2. The average molecular weight is 338 g/mol. The van der Waals surface area contributed by atoms with Crippen LogP contribution in [-0.4, -0.2) is 21.4 Å². The topological polar surface area (TPSA) is 111 Å². The fourth-order valence-electron chi connectivity index (χ4n) is 2.64. The number of pyridine rings is 1. The van der Waals surface area contributed by atoms with E-state index in [0.717, 1.165) is 22.5 Å². The first-order chi connectivity index (χ1) is 12.1. The molecule has 3 rings (SSSR count). The third kappa shape index (κ3) is 3.52. The number of fused-ring (bicyclic) bond motifs is 1. The lowest BCUT2D eigenvalue weighted by atomic mass is 10.1. The average Bonchev–Trinajstić information content (AvgIpc) is 2.61. The van der Waals surface area contributed by atoms with Gasteiger partial charge in [0.05, 0.1) is 21.4 Å². The highest BCUT2D eigenvalue weighted by molar-refractivity contribution is 5.81. The van der Waals surface area contributed by atoms with Crippen molar-refractivity contribution in [3.8, 4) is 0 Å². The van der Waals surface area contributed by atoms with Crippen molar-refractivity contribution in [3.63, 3.8) is 0 Å². The number of hydrogen-bond donors (Lipinski definition) is 1. The zero-order valence-electron chi connectivity index (χ0n) is 13.1. The minimum absolute atomic E-state index is 0.254. The van der Waals surface area contributed by atoms with Crippen LogP contribution in [-0.2, 0) is 6.42 Å². The molecule has 0 unspecified atom stereocenters. The van der Waals surface area contributed by atoms with Gasteiger partial charge in [0.1, 0.15) is 5.69 Å². The van der Waals surface area contributed by atoms with Gasteiger partial charge in [0.2, 0.25) is 0 Å². The summed E-state index contributed by atoms with van der Waals surface area (Å²) in [5, 5.41) is 25.9. The van der Waals surface area contributed by atoms with Gasteiger partial charge in [0, 0.05) is 24.2 Å². The van der Waals surface area contributed by atoms with E-state index in [4.69, 9.17) is 0 Å². The van der Waals surface area contributed by atoms with Crippen molar-refractivity contribution in [2.45, 2.75) is 6.42 Å². The van der Waals surface area contributed by atoms with Crippen molar-refractivity contribution in [1.29, 1.82) is 0 Å². The van der Waals surface area contributed by atoms with Gasteiger partial charge in [0.25, 0.3) is 11.4 Å². The fourth-order valence-corrected chi connectivity index (χ4v) is 2.64. The van der Waals surface area contributed by atoms with Gasteiger partial charge in [-0.2, -0.15) is 0 Å². The normalized spacial score (nSPS) is 10.6. The van der Waals surface area contributed by atoms with Gasteiger partial charge in [-0.15, -0.1) is 0 Å². The Morgan fingerprint density at radius 3 is 2.56 bits per heavy atom. The van der Waals surface area contributed by atoms with Gasteiger partial charge in [-0.05, 0) is 24.1 Å². The molecule has 2 aromatic carbocycles. The summed E-state index contributed by atoms with van der Waals surface area (Å²) in [6.45, 7) is 0.439. The molecule has 0 atom stereocenters. The molecule has 126 valence electrons. The third-order valence-corrected chi connectivity index (χ3v) is 3.81. The van der Waals surface area contributed by atoms with Crippen LogP contribution in [0.25, 0.3) is 10.9 Å². The largest absolute Gasteiger partial charge is 0.379 e. The Hall–Kier alpha value is -3.55. The van der Waals surface area contributed by atoms with Crippen LogP contribution in [0, 0.1) is 20.2 Å². The van der Waals surface area contributed by atoms with E-state index < -0.39 is 9.85 Å². The van der Waals surface area contributed by atoms with Gasteiger partial charge in [-0.3, -0.25) is 25.2 Å². The van der Waals surface area contributed by atoms with E-state index in [1.165, 1.54) is 12.1 Å². The van der Waals surface area contributed by atoms with E-state index in [-0.39, 0.29) is 17.1 Å². The van der Waals surface area contributed by atoms with Crippen LogP contribution in [0.3, 0.4) is 0 Å². The summed E-state index contributed by atoms with van der Waals surface area (Å²) in [5.74, 6) is 0. The van der Waals surface area contributed by atoms with Gasteiger partial charge in [0.15, 0.2) is 0 Å². The second-order valence-electron chi connectivity index (χ2n) is 5.38. The van der Waals surface area contributed by atoms with Crippen molar-refractivity contribution >= 4 is 28.0 Å². The molecule has 3 aromatic rings. The Labute approximate surface area is 142 Å². The molecular formula is C17H14N4O4. The highest BCUT2D eigenvalue weighted by Crippen LogP contribution is 2.29. The molecule has 0 bridgehead atoms. The van der Waals surface area contributed by atoms with Crippen LogP contribution in [0.4, 0.5) is 17.1 Å². The SMILES string of the molecule is O=[N+]([O-])c1ccc(NCCc2cccc3cccnc23)c([N+](=O)[O-])c1. The Kier molecular flexibility index (Phi) is 4.51. The molecule has 1 heterocycles. The Morgan fingerprint density at radius 2 is 1.80 bits per heavy atom. The Bertz CT molecular complexity index is 953. The number of nitrogens with zero attached hydrogens (tertiary/aromatic N) is 3. The molecule has 0 aliphatic carbocycles. The predicted octanol–water partition coefficient (Wildman–Crippen LogP) is 3.71. The van der Waals surface area contributed by atoms with Gasteiger partial charge < -0.3 is 5.32 Å². The molecule has 0 fully saturated rings. The fraction of sp³-hybridized carbons (Fsp3) is 0.118. The molecule has 8 heteroatoms. The van der Waals surface area contributed by atoms with E-state index in [1.54, 1.807) is 6.20 Å². The Morgan fingerprint density at radius 1 is 1.00 bits per heavy atom. The van der Waals surface area contributed by atoms with Crippen LogP contribution in [0.2, 0.25) is 0 Å². The van der Waals surface area contributed by atoms with E-state index in [1.807, 2.05) is 30.3 Å². The van der Waals surface area contributed by atoms with Crippen molar-refractivity contribution in [2.75, 3.05) is 11.9 Å². The number of nitro benzene ring substituents is 2. The van der Waals surface area contributed by atoms with Crippen molar-refractivity contribution in [1.82, 2.24) is 4.98 Å². The van der Waals surface area contributed by atoms with Gasteiger partial charge in [-0.1, -0.05) is 24.3 Å². The number of nitrogens with one attached hydrogen (secondary N) is 1. The number of non-ortho nitro benzene ring substituents is 1. The zero-order valence-corrected chi connectivity index (χ0v) is 13.1. The number of benzene rings is 2. The first-order valence-electron chi connectivity index (χ1n) is 7.55. The van der Waals surface area contributed by atoms with Crippen LogP contribution in [0.15, 0.2) is 54.7 Å². The summed E-state index contributed by atoms with van der Waals surface area (Å²) < 4.78 is 0. The minimum atomic E-state index is -0.654. The van der Waals surface area contributed by atoms with Crippen molar-refractivity contribution in [3.05, 3.63) is 80.5 Å². The molecule has 1 aromatic heterocycles. The molecule has 0 saturated heterocycles. The second-order valence-corrected chi connectivity index (χ2v) is 5.38. The molecule has 0 aliphatic rings. The maximum absolute atomic E-state index is 11.1. The molecule has 8 nitrogen and oxygen atoms in total. The highest BCUT2D eigenvalue weighted by Gasteiger charge is 2.19. The lowest BCUT2D eigenvalue weighted by molar-refractivity contribution is -0.393. The summed E-state index contributed by atoms with van der Waals surface area (Å²) in [7, 11) is 0. The smallest absolute Gasteiger partial charge is 0.299 e. The molecule has 0 aliphatic heterocycles. The standard InChI is InChI=1S/C17H14N4O4/c22-20(23)14-6-7-15(16(11-14)21(24)25)18-10-8-13-4-1-3-12-5-2-9-19-17(12)13/h1-7,9,11,18H,8,10H2. The quantitative estimate of drug-likeness (QED) is 0.542. The molecule has 1 N–H and O–H groups in total. The van der Waals surface area contributed by atoms with Crippen LogP contribution < -0.4 is 5.32 Å². The zero-order chi connectivity index (χ0) is 17.8. The van der Waals surface area contributed by atoms with Gasteiger partial charge in [-0.25, -0.2) is 0 Å². The first kappa shape index (κ1) is 16.3. The maximum Gasteiger partial charge on any atom is 0.299 e. The molecule has 0 radical (unpaired) electrons.